The Balaban J connectivity index is 1.86. The Labute approximate surface area is 122 Å². The van der Waals surface area contributed by atoms with Crippen LogP contribution in [0.5, 0.6) is 0 Å². The smallest absolute Gasteiger partial charge is 0.348 e. The second kappa shape index (κ2) is 5.50. The van der Waals surface area contributed by atoms with Crippen LogP contribution >= 0.6 is 0 Å². The van der Waals surface area contributed by atoms with Crippen molar-refractivity contribution in [3.63, 3.8) is 0 Å². The largest absolute Gasteiger partial charge is 0.383 e. The number of amides is 1. The van der Waals surface area contributed by atoms with Gasteiger partial charge in [0.05, 0.1) is 5.69 Å². The molecule has 0 radical (unpaired) electrons. The number of hydrogen-bond donors (Lipinski definition) is 2. The minimum atomic E-state index is -0.388. The van der Waals surface area contributed by atoms with Gasteiger partial charge < -0.3 is 11.1 Å². The molecule has 5 nitrogen and oxygen atoms in total. The number of benzene rings is 2. The molecule has 3 N–H and O–H groups in total. The highest BCUT2D eigenvalue weighted by atomic mass is 16.2. The van der Waals surface area contributed by atoms with E-state index < -0.39 is 0 Å². The quantitative estimate of drug-likeness (QED) is 0.756. The van der Waals surface area contributed by atoms with Crippen molar-refractivity contribution in [2.24, 2.45) is 0 Å². The number of para-hydroxylation sites is 1. The third-order valence-corrected chi connectivity index (χ3v) is 3.02. The van der Waals surface area contributed by atoms with E-state index in [4.69, 9.17) is 5.73 Å². The van der Waals surface area contributed by atoms with Gasteiger partial charge in [-0.3, -0.25) is 0 Å². The normalized spacial score (nSPS) is 10.3. The molecule has 5 heteroatoms. The summed E-state index contributed by atoms with van der Waals surface area (Å²) >= 11 is 0. The highest BCUT2D eigenvalue weighted by molar-refractivity contribution is 5.92. The number of nitrogens with one attached hydrogen (secondary N) is 1. The monoisotopic (exact) mass is 278 g/mol. The van der Waals surface area contributed by atoms with Gasteiger partial charge in [0.2, 0.25) is 0 Å². The maximum Gasteiger partial charge on any atom is 0.348 e. The molecule has 1 amide bonds. The minimum Gasteiger partial charge on any atom is -0.383 e. The van der Waals surface area contributed by atoms with Crippen molar-refractivity contribution < 1.29 is 4.79 Å². The summed E-state index contributed by atoms with van der Waals surface area (Å²) in [5, 5.41) is 7.00. The van der Waals surface area contributed by atoms with Gasteiger partial charge in [-0.05, 0) is 12.1 Å². The van der Waals surface area contributed by atoms with Gasteiger partial charge in [-0.1, -0.05) is 48.5 Å². The van der Waals surface area contributed by atoms with E-state index in [0.717, 1.165) is 10.2 Å². The number of rotatable bonds is 2. The summed E-state index contributed by atoms with van der Waals surface area (Å²) < 4.78 is 1.16. The first-order valence-electron chi connectivity index (χ1n) is 6.51. The molecule has 0 fully saturated rings. The van der Waals surface area contributed by atoms with E-state index in [1.165, 1.54) is 0 Å². The molecule has 21 heavy (non-hydrogen) atoms. The van der Waals surface area contributed by atoms with Crippen molar-refractivity contribution in [1.82, 2.24) is 9.78 Å². The SMILES string of the molecule is Nc1cc(-c2ccccc2)nn1C(=O)Nc1ccccc1. The lowest BCUT2D eigenvalue weighted by molar-refractivity contribution is 0.251. The lowest BCUT2D eigenvalue weighted by Crippen LogP contribution is -2.22. The number of anilines is 2. The van der Waals surface area contributed by atoms with Crippen molar-refractivity contribution in [2.45, 2.75) is 0 Å². The molecular formula is C16H14N4O. The number of nitrogen functional groups attached to an aromatic ring is 1. The molecule has 0 aliphatic heterocycles. The first kappa shape index (κ1) is 12.9. The standard InChI is InChI=1S/C16H14N4O/c17-15-11-14(12-7-3-1-4-8-12)19-20(15)16(21)18-13-9-5-2-6-10-13/h1-11H,17H2,(H,18,21). The van der Waals surface area contributed by atoms with Gasteiger partial charge in [0.1, 0.15) is 5.82 Å². The van der Waals surface area contributed by atoms with Crippen molar-refractivity contribution in [3.8, 4) is 11.3 Å². The summed E-state index contributed by atoms with van der Waals surface area (Å²) in [5.41, 5.74) is 8.14. The fourth-order valence-electron chi connectivity index (χ4n) is 2.01. The van der Waals surface area contributed by atoms with Crippen LogP contribution in [0.15, 0.2) is 66.7 Å². The topological polar surface area (TPSA) is 72.9 Å². The number of nitrogens with zero attached hydrogens (tertiary/aromatic N) is 2. The van der Waals surface area contributed by atoms with E-state index in [1.54, 1.807) is 18.2 Å². The van der Waals surface area contributed by atoms with Gasteiger partial charge >= 0.3 is 6.03 Å². The van der Waals surface area contributed by atoms with Crippen LogP contribution in [0.3, 0.4) is 0 Å². The fraction of sp³-hybridized carbons (Fsp3) is 0. The number of nitrogens with two attached hydrogens (primary N) is 1. The van der Waals surface area contributed by atoms with E-state index in [-0.39, 0.29) is 6.03 Å². The van der Waals surface area contributed by atoms with Crippen LogP contribution in [0.1, 0.15) is 0 Å². The average molecular weight is 278 g/mol. The van der Waals surface area contributed by atoms with Gasteiger partial charge in [0.15, 0.2) is 0 Å². The Kier molecular flexibility index (Phi) is 3.39. The molecule has 104 valence electrons. The zero-order chi connectivity index (χ0) is 14.7. The predicted octanol–water partition coefficient (Wildman–Crippen LogP) is 3.21. The predicted molar refractivity (Wildman–Crippen MR) is 82.9 cm³/mol. The lowest BCUT2D eigenvalue weighted by Gasteiger charge is -2.05. The third kappa shape index (κ3) is 2.76. The van der Waals surface area contributed by atoms with E-state index in [9.17, 15) is 4.79 Å². The molecule has 1 heterocycles. The summed E-state index contributed by atoms with van der Waals surface area (Å²) in [5.74, 6) is 0.294. The number of hydrogen-bond acceptors (Lipinski definition) is 3. The molecular weight excluding hydrogens is 264 g/mol. The maximum atomic E-state index is 12.2. The van der Waals surface area contributed by atoms with Crippen molar-refractivity contribution >= 4 is 17.5 Å². The van der Waals surface area contributed by atoms with Crippen molar-refractivity contribution in [1.29, 1.82) is 0 Å². The highest BCUT2D eigenvalue weighted by Crippen LogP contribution is 2.20. The molecule has 0 spiro atoms. The molecule has 0 saturated carbocycles. The summed E-state index contributed by atoms with van der Waals surface area (Å²) in [4.78, 5) is 12.2. The van der Waals surface area contributed by atoms with E-state index in [2.05, 4.69) is 10.4 Å². The summed E-state index contributed by atoms with van der Waals surface area (Å²) in [6.45, 7) is 0. The molecule has 0 bridgehead atoms. The van der Waals surface area contributed by atoms with Crippen LogP contribution in [0.25, 0.3) is 11.3 Å². The minimum absolute atomic E-state index is 0.294. The first-order chi connectivity index (χ1) is 10.2. The van der Waals surface area contributed by atoms with E-state index in [1.807, 2.05) is 48.5 Å². The number of carbonyl (C=O) groups excluding carboxylic acids is 1. The fourth-order valence-corrected chi connectivity index (χ4v) is 2.01. The Morgan fingerprint density at radius 2 is 1.62 bits per heavy atom. The Morgan fingerprint density at radius 1 is 1.00 bits per heavy atom. The van der Waals surface area contributed by atoms with Gasteiger partial charge in [0, 0.05) is 17.3 Å². The van der Waals surface area contributed by atoms with E-state index in [0.29, 0.717) is 17.2 Å². The van der Waals surface area contributed by atoms with Crippen LogP contribution < -0.4 is 11.1 Å². The zero-order valence-electron chi connectivity index (χ0n) is 11.2. The van der Waals surface area contributed by atoms with Gasteiger partial charge in [0.25, 0.3) is 0 Å². The van der Waals surface area contributed by atoms with Crippen LogP contribution in [0.4, 0.5) is 16.3 Å². The Morgan fingerprint density at radius 3 is 2.29 bits per heavy atom. The molecule has 0 aliphatic carbocycles. The van der Waals surface area contributed by atoms with Crippen LogP contribution in [-0.4, -0.2) is 15.8 Å². The second-order valence-corrected chi connectivity index (χ2v) is 4.53. The molecule has 2 aromatic carbocycles. The molecule has 0 saturated heterocycles. The van der Waals surface area contributed by atoms with Crippen molar-refractivity contribution in [2.75, 3.05) is 11.1 Å². The van der Waals surface area contributed by atoms with Crippen LogP contribution in [0, 0.1) is 0 Å². The molecule has 3 aromatic rings. The second-order valence-electron chi connectivity index (χ2n) is 4.53. The highest BCUT2D eigenvalue weighted by Gasteiger charge is 2.13. The third-order valence-electron chi connectivity index (χ3n) is 3.02. The molecule has 0 unspecified atom stereocenters. The zero-order valence-corrected chi connectivity index (χ0v) is 11.2. The maximum absolute atomic E-state index is 12.2. The number of carbonyl (C=O) groups is 1. The van der Waals surface area contributed by atoms with Crippen molar-refractivity contribution in [3.05, 3.63) is 66.7 Å². The van der Waals surface area contributed by atoms with Gasteiger partial charge in [-0.25, -0.2) is 4.79 Å². The number of aromatic nitrogens is 2. The molecule has 0 aliphatic rings. The van der Waals surface area contributed by atoms with E-state index >= 15 is 0 Å². The summed E-state index contributed by atoms with van der Waals surface area (Å²) in [6.07, 6.45) is 0. The Hall–Kier alpha value is -3.08. The van der Waals surface area contributed by atoms with Crippen LogP contribution in [0.2, 0.25) is 0 Å². The summed E-state index contributed by atoms with van der Waals surface area (Å²) in [7, 11) is 0. The lowest BCUT2D eigenvalue weighted by atomic mass is 10.2. The molecule has 3 rings (SSSR count). The summed E-state index contributed by atoms with van der Waals surface area (Å²) in [6, 6.07) is 20.0. The molecule has 1 aromatic heterocycles. The van der Waals surface area contributed by atoms with Gasteiger partial charge in [-0.15, -0.1) is 0 Å². The Bertz CT molecular complexity index is 750. The first-order valence-corrected chi connectivity index (χ1v) is 6.51. The average Bonchev–Trinajstić information content (AvgIpc) is 2.91. The van der Waals surface area contributed by atoms with Crippen LogP contribution in [-0.2, 0) is 0 Å². The molecule has 0 atom stereocenters. The van der Waals surface area contributed by atoms with Gasteiger partial charge in [-0.2, -0.15) is 9.78 Å².